The van der Waals surface area contributed by atoms with Crippen LogP contribution >= 0.6 is 23.4 Å². The second-order valence-corrected chi connectivity index (χ2v) is 10.7. The number of nitrogens with zero attached hydrogens (tertiary/aromatic N) is 1. The van der Waals surface area contributed by atoms with E-state index in [1.54, 1.807) is 11.8 Å². The number of carbonyl (C=O) groups excluding carboxylic acids is 2. The van der Waals surface area contributed by atoms with Gasteiger partial charge in [-0.05, 0) is 55.9 Å². The summed E-state index contributed by atoms with van der Waals surface area (Å²) in [6, 6.07) is 18.0. The Bertz CT molecular complexity index is 1010. The van der Waals surface area contributed by atoms with Crippen molar-refractivity contribution in [3.05, 3.63) is 75.7 Å². The molecule has 4 rings (SSSR count). The van der Waals surface area contributed by atoms with E-state index in [4.69, 9.17) is 11.6 Å². The maximum absolute atomic E-state index is 13.4. The van der Waals surface area contributed by atoms with Crippen molar-refractivity contribution in [2.75, 3.05) is 6.54 Å². The first-order chi connectivity index (χ1) is 16.0. The van der Waals surface area contributed by atoms with Crippen LogP contribution in [0.15, 0.2) is 59.5 Å². The van der Waals surface area contributed by atoms with Crippen molar-refractivity contribution < 1.29 is 9.59 Å². The molecule has 174 valence electrons. The van der Waals surface area contributed by atoms with Gasteiger partial charge < -0.3 is 10.2 Å². The smallest absolute Gasteiger partial charge is 0.261 e. The Morgan fingerprint density at radius 1 is 1.15 bits per heavy atom. The Balaban J connectivity index is 1.43. The molecule has 1 aliphatic carbocycles. The molecule has 1 aliphatic heterocycles. The Morgan fingerprint density at radius 2 is 1.88 bits per heavy atom. The van der Waals surface area contributed by atoms with Gasteiger partial charge in [0.05, 0.1) is 4.91 Å². The molecule has 0 spiro atoms. The second-order valence-electron chi connectivity index (χ2n) is 8.96. The van der Waals surface area contributed by atoms with Crippen LogP contribution in [-0.4, -0.2) is 40.6 Å². The van der Waals surface area contributed by atoms with Gasteiger partial charge in [0, 0.05) is 22.4 Å². The maximum Gasteiger partial charge on any atom is 0.261 e. The Morgan fingerprint density at radius 3 is 2.67 bits per heavy atom. The van der Waals surface area contributed by atoms with Crippen LogP contribution in [0.1, 0.15) is 50.2 Å². The normalized spacial score (nSPS) is 22.7. The van der Waals surface area contributed by atoms with Gasteiger partial charge in [0.2, 0.25) is 5.91 Å². The van der Waals surface area contributed by atoms with Gasteiger partial charge in [0.1, 0.15) is 6.54 Å². The van der Waals surface area contributed by atoms with E-state index in [2.05, 4.69) is 17.4 Å². The number of hydrogen-bond acceptors (Lipinski definition) is 3. The Labute approximate surface area is 205 Å². The lowest BCUT2D eigenvalue weighted by atomic mass is 9.93. The standard InChI is InChI=1S/C27H31ClN2O2S/c1-19(15-16-20-9-3-2-4-10-20)29-26(31)18-30-23-13-7-8-14-24(23)33-25(27(30)32)17-21-11-5-6-12-22(21)28/h2-6,9-12,17,19,23-24H,7-8,13-16,18H2,1H3,(H,29,31)/b25-17+. The SMILES string of the molecule is CC(CCc1ccccc1)NC(=O)CN1C(=O)/C(=C\c2ccccc2Cl)SC2CCCCC21. The van der Waals surface area contributed by atoms with E-state index < -0.39 is 0 Å². The number of carbonyl (C=O) groups is 2. The molecule has 2 aromatic carbocycles. The van der Waals surface area contributed by atoms with Gasteiger partial charge >= 0.3 is 0 Å². The minimum atomic E-state index is -0.0859. The molecule has 0 aromatic heterocycles. The summed E-state index contributed by atoms with van der Waals surface area (Å²) in [7, 11) is 0. The summed E-state index contributed by atoms with van der Waals surface area (Å²) in [4.78, 5) is 28.8. The minimum absolute atomic E-state index is 0.0484. The third-order valence-corrected chi connectivity index (χ3v) is 8.18. The molecule has 33 heavy (non-hydrogen) atoms. The summed E-state index contributed by atoms with van der Waals surface area (Å²) in [6.45, 7) is 2.14. The molecule has 1 heterocycles. The molecule has 2 aliphatic rings. The van der Waals surface area contributed by atoms with Gasteiger partial charge in [-0.1, -0.05) is 73.0 Å². The average molecular weight is 483 g/mol. The number of aryl methyl sites for hydroxylation is 1. The van der Waals surface area contributed by atoms with E-state index in [-0.39, 0.29) is 30.4 Å². The zero-order valence-electron chi connectivity index (χ0n) is 19.0. The van der Waals surface area contributed by atoms with Crippen LogP contribution in [0, 0.1) is 0 Å². The van der Waals surface area contributed by atoms with Gasteiger partial charge in [-0.2, -0.15) is 0 Å². The zero-order chi connectivity index (χ0) is 23.2. The van der Waals surface area contributed by atoms with Crippen LogP contribution < -0.4 is 5.32 Å². The predicted molar refractivity (Wildman–Crippen MR) is 137 cm³/mol. The van der Waals surface area contributed by atoms with E-state index in [1.165, 1.54) is 5.56 Å². The molecule has 2 fully saturated rings. The highest BCUT2D eigenvalue weighted by Crippen LogP contribution is 2.42. The third kappa shape index (κ3) is 6.21. The first kappa shape index (κ1) is 23.9. The molecule has 0 radical (unpaired) electrons. The van der Waals surface area contributed by atoms with Crippen molar-refractivity contribution in [2.24, 2.45) is 0 Å². The molecule has 2 aromatic rings. The summed E-state index contributed by atoms with van der Waals surface area (Å²) < 4.78 is 0. The van der Waals surface area contributed by atoms with Crippen molar-refractivity contribution in [3.63, 3.8) is 0 Å². The maximum atomic E-state index is 13.4. The first-order valence-corrected chi connectivity index (χ1v) is 13.0. The van der Waals surface area contributed by atoms with Crippen molar-refractivity contribution in [2.45, 2.75) is 62.8 Å². The van der Waals surface area contributed by atoms with Crippen LogP contribution in [-0.2, 0) is 16.0 Å². The number of halogens is 1. The van der Waals surface area contributed by atoms with Crippen LogP contribution in [0.4, 0.5) is 0 Å². The van der Waals surface area contributed by atoms with Crippen LogP contribution in [0.5, 0.6) is 0 Å². The molecular weight excluding hydrogens is 452 g/mol. The van der Waals surface area contributed by atoms with Gasteiger partial charge in [-0.3, -0.25) is 9.59 Å². The summed E-state index contributed by atoms with van der Waals surface area (Å²) in [5.41, 5.74) is 2.10. The van der Waals surface area contributed by atoms with Crippen molar-refractivity contribution in [3.8, 4) is 0 Å². The first-order valence-electron chi connectivity index (χ1n) is 11.8. The summed E-state index contributed by atoms with van der Waals surface area (Å²) >= 11 is 7.99. The lowest BCUT2D eigenvalue weighted by Gasteiger charge is -2.44. The fourth-order valence-corrected chi connectivity index (χ4v) is 6.32. The number of thioether (sulfide) groups is 1. The fraction of sp³-hybridized carbons (Fsp3) is 0.407. The van der Waals surface area contributed by atoms with Crippen LogP contribution in [0.25, 0.3) is 6.08 Å². The molecule has 1 saturated carbocycles. The molecule has 2 amide bonds. The average Bonchev–Trinajstić information content (AvgIpc) is 2.82. The molecule has 6 heteroatoms. The largest absolute Gasteiger partial charge is 0.352 e. The number of rotatable bonds is 7. The predicted octanol–water partition coefficient (Wildman–Crippen LogP) is 5.71. The van der Waals surface area contributed by atoms with Crippen molar-refractivity contribution >= 4 is 41.3 Å². The molecule has 3 atom stereocenters. The highest BCUT2D eigenvalue weighted by molar-refractivity contribution is 8.04. The number of hydrogen-bond donors (Lipinski definition) is 1. The number of nitrogens with one attached hydrogen (secondary N) is 1. The Hall–Kier alpha value is -2.24. The highest BCUT2D eigenvalue weighted by Gasteiger charge is 2.41. The van der Waals surface area contributed by atoms with Crippen molar-refractivity contribution in [1.82, 2.24) is 10.2 Å². The molecule has 1 saturated heterocycles. The molecule has 3 unspecified atom stereocenters. The molecule has 4 nitrogen and oxygen atoms in total. The lowest BCUT2D eigenvalue weighted by Crippen LogP contribution is -2.55. The molecule has 0 bridgehead atoms. The Kier molecular flexibility index (Phi) is 8.15. The molecule has 1 N–H and O–H groups in total. The zero-order valence-corrected chi connectivity index (χ0v) is 20.6. The van der Waals surface area contributed by atoms with Crippen LogP contribution in [0.2, 0.25) is 5.02 Å². The van der Waals surface area contributed by atoms with Gasteiger partial charge in [0.25, 0.3) is 5.91 Å². The third-order valence-electron chi connectivity index (χ3n) is 6.44. The minimum Gasteiger partial charge on any atom is -0.352 e. The monoisotopic (exact) mass is 482 g/mol. The fourth-order valence-electron chi connectivity index (χ4n) is 4.67. The van der Waals surface area contributed by atoms with E-state index in [0.717, 1.165) is 44.1 Å². The van der Waals surface area contributed by atoms with E-state index >= 15 is 0 Å². The van der Waals surface area contributed by atoms with Gasteiger partial charge in [-0.25, -0.2) is 0 Å². The topological polar surface area (TPSA) is 49.4 Å². The molecular formula is C27H31ClN2O2S. The summed E-state index contributed by atoms with van der Waals surface area (Å²) in [6.07, 6.45) is 7.95. The summed E-state index contributed by atoms with van der Waals surface area (Å²) in [5, 5.41) is 4.06. The van der Waals surface area contributed by atoms with E-state index in [9.17, 15) is 9.59 Å². The second kappa shape index (κ2) is 11.3. The van der Waals surface area contributed by atoms with Gasteiger partial charge in [-0.15, -0.1) is 11.8 Å². The van der Waals surface area contributed by atoms with E-state index in [1.807, 2.05) is 60.4 Å². The number of benzene rings is 2. The summed E-state index contributed by atoms with van der Waals surface area (Å²) in [5.74, 6) is -0.146. The lowest BCUT2D eigenvalue weighted by molar-refractivity contribution is -0.135. The number of amides is 2. The van der Waals surface area contributed by atoms with E-state index in [0.29, 0.717) is 15.2 Å². The van der Waals surface area contributed by atoms with Crippen LogP contribution in [0.3, 0.4) is 0 Å². The quantitative estimate of drug-likeness (QED) is 0.514. The number of fused-ring (bicyclic) bond motifs is 1. The van der Waals surface area contributed by atoms with Gasteiger partial charge in [0.15, 0.2) is 0 Å². The highest BCUT2D eigenvalue weighted by atomic mass is 35.5. The van der Waals surface area contributed by atoms with Crippen molar-refractivity contribution in [1.29, 1.82) is 0 Å².